The van der Waals surface area contributed by atoms with Crippen LogP contribution in [0.5, 0.6) is 5.75 Å². The number of piperazine rings is 1. The topological polar surface area (TPSA) is 66.9 Å². The SMILES string of the molecule is COc1ccccc1S(=O)(=O)N1CCN(C(=O)c2ccc(Cl)cc2)CC1. The van der Waals surface area contributed by atoms with Gasteiger partial charge in [-0.25, -0.2) is 8.42 Å². The highest BCUT2D eigenvalue weighted by molar-refractivity contribution is 7.89. The minimum Gasteiger partial charge on any atom is -0.495 e. The predicted octanol–water partition coefficient (Wildman–Crippen LogP) is 2.50. The van der Waals surface area contributed by atoms with Crippen molar-refractivity contribution >= 4 is 27.5 Å². The summed E-state index contributed by atoms with van der Waals surface area (Å²) in [5.41, 5.74) is 0.537. The van der Waals surface area contributed by atoms with Gasteiger partial charge in [0.05, 0.1) is 7.11 Å². The number of ether oxygens (including phenoxy) is 1. The highest BCUT2D eigenvalue weighted by Crippen LogP contribution is 2.27. The highest BCUT2D eigenvalue weighted by atomic mass is 35.5. The smallest absolute Gasteiger partial charge is 0.253 e. The first kappa shape index (κ1) is 18.7. The van der Waals surface area contributed by atoms with Crippen LogP contribution in [0.3, 0.4) is 0 Å². The van der Waals surface area contributed by atoms with Gasteiger partial charge in [-0.2, -0.15) is 4.31 Å². The first-order valence-corrected chi connectivity index (χ1v) is 9.93. The molecule has 0 atom stereocenters. The average molecular weight is 395 g/mol. The molecule has 0 radical (unpaired) electrons. The highest BCUT2D eigenvalue weighted by Gasteiger charge is 2.32. The number of benzene rings is 2. The molecular formula is C18H19ClN2O4S. The van der Waals surface area contributed by atoms with Crippen LogP contribution in [0.25, 0.3) is 0 Å². The Kier molecular flexibility index (Phi) is 5.50. The number of methoxy groups -OCH3 is 1. The van der Waals surface area contributed by atoms with E-state index >= 15 is 0 Å². The lowest BCUT2D eigenvalue weighted by Gasteiger charge is -2.34. The quantitative estimate of drug-likeness (QED) is 0.799. The van der Waals surface area contributed by atoms with E-state index in [-0.39, 0.29) is 23.9 Å². The van der Waals surface area contributed by atoms with Gasteiger partial charge in [0.2, 0.25) is 10.0 Å². The number of amides is 1. The summed E-state index contributed by atoms with van der Waals surface area (Å²) in [5.74, 6) is 0.183. The molecule has 1 saturated heterocycles. The lowest BCUT2D eigenvalue weighted by Crippen LogP contribution is -2.50. The average Bonchev–Trinajstić information content (AvgIpc) is 2.68. The Bertz CT molecular complexity index is 892. The minimum absolute atomic E-state index is 0.129. The molecule has 3 rings (SSSR count). The third-order valence-electron chi connectivity index (χ3n) is 4.30. The number of hydrogen-bond donors (Lipinski definition) is 0. The van der Waals surface area contributed by atoms with Gasteiger partial charge >= 0.3 is 0 Å². The molecule has 2 aromatic rings. The molecule has 0 saturated carbocycles. The number of sulfonamides is 1. The van der Waals surface area contributed by atoms with Gasteiger partial charge in [0.1, 0.15) is 10.6 Å². The molecule has 1 aliphatic rings. The molecule has 1 fully saturated rings. The molecule has 0 N–H and O–H groups in total. The van der Waals surface area contributed by atoms with Gasteiger partial charge in [0.15, 0.2) is 0 Å². The van der Waals surface area contributed by atoms with Gasteiger partial charge in [-0.15, -0.1) is 0 Å². The number of carbonyl (C=O) groups is 1. The number of nitrogens with zero attached hydrogens (tertiary/aromatic N) is 2. The minimum atomic E-state index is -3.67. The molecule has 6 nitrogen and oxygen atoms in total. The molecule has 0 unspecified atom stereocenters. The predicted molar refractivity (Wildman–Crippen MR) is 99.1 cm³/mol. The maximum absolute atomic E-state index is 12.9. The zero-order valence-corrected chi connectivity index (χ0v) is 15.8. The Labute approximate surface area is 158 Å². The van der Waals surface area contributed by atoms with E-state index in [2.05, 4.69) is 0 Å². The van der Waals surface area contributed by atoms with Crippen LogP contribution in [0.15, 0.2) is 53.4 Å². The standard InChI is InChI=1S/C18H19ClN2O4S/c1-25-16-4-2-3-5-17(16)26(23,24)21-12-10-20(11-13-21)18(22)14-6-8-15(19)9-7-14/h2-9H,10-13H2,1H3. The van der Waals surface area contributed by atoms with E-state index in [1.807, 2.05) is 0 Å². The van der Waals surface area contributed by atoms with Gasteiger partial charge < -0.3 is 9.64 Å². The number of carbonyl (C=O) groups excluding carboxylic acids is 1. The van der Waals surface area contributed by atoms with Crippen LogP contribution >= 0.6 is 11.6 Å². The van der Waals surface area contributed by atoms with Crippen molar-refractivity contribution in [3.63, 3.8) is 0 Å². The fraction of sp³-hybridized carbons (Fsp3) is 0.278. The third-order valence-corrected chi connectivity index (χ3v) is 6.49. The largest absolute Gasteiger partial charge is 0.495 e. The summed E-state index contributed by atoms with van der Waals surface area (Å²) >= 11 is 5.85. The second-order valence-corrected chi connectivity index (χ2v) is 8.20. The van der Waals surface area contributed by atoms with Crippen LogP contribution in [0, 0.1) is 0 Å². The van der Waals surface area contributed by atoms with Gasteiger partial charge in [-0.3, -0.25) is 4.79 Å². The monoisotopic (exact) mass is 394 g/mol. The lowest BCUT2D eigenvalue weighted by molar-refractivity contribution is 0.0698. The summed E-state index contributed by atoms with van der Waals surface area (Å²) in [6.07, 6.45) is 0. The van der Waals surface area contributed by atoms with Crippen molar-refractivity contribution in [1.29, 1.82) is 0 Å². The first-order valence-electron chi connectivity index (χ1n) is 8.11. The molecule has 2 aromatic carbocycles. The molecule has 0 spiro atoms. The van der Waals surface area contributed by atoms with Gasteiger partial charge in [-0.1, -0.05) is 23.7 Å². The van der Waals surface area contributed by atoms with E-state index in [0.29, 0.717) is 29.4 Å². The van der Waals surface area contributed by atoms with E-state index in [1.165, 1.54) is 17.5 Å². The maximum Gasteiger partial charge on any atom is 0.253 e. The second-order valence-electron chi connectivity index (χ2n) is 5.85. The van der Waals surface area contributed by atoms with Crippen LogP contribution in [0.1, 0.15) is 10.4 Å². The summed E-state index contributed by atoms with van der Waals surface area (Å²) in [6.45, 7) is 1.13. The van der Waals surface area contributed by atoms with E-state index < -0.39 is 10.0 Å². The summed E-state index contributed by atoms with van der Waals surface area (Å²) in [4.78, 5) is 14.3. The molecule has 138 valence electrons. The Morgan fingerprint density at radius 2 is 1.62 bits per heavy atom. The first-order chi connectivity index (χ1) is 12.4. The van der Waals surface area contributed by atoms with Crippen molar-refractivity contribution in [2.45, 2.75) is 4.90 Å². The van der Waals surface area contributed by atoms with Crippen LogP contribution in [-0.4, -0.2) is 56.8 Å². The number of rotatable bonds is 4. The molecule has 0 bridgehead atoms. The Hall–Kier alpha value is -2.09. The molecule has 0 aliphatic carbocycles. The lowest BCUT2D eigenvalue weighted by atomic mass is 10.2. The third kappa shape index (κ3) is 3.70. The Balaban J connectivity index is 1.71. The molecule has 0 aromatic heterocycles. The summed E-state index contributed by atoms with van der Waals surface area (Å²) in [7, 11) is -2.23. The molecule has 1 heterocycles. The number of halogens is 1. The molecule has 8 heteroatoms. The summed E-state index contributed by atoms with van der Waals surface area (Å²) < 4.78 is 32.3. The van der Waals surface area contributed by atoms with Crippen molar-refractivity contribution in [3.8, 4) is 5.75 Å². The second kappa shape index (κ2) is 7.65. The van der Waals surface area contributed by atoms with Crippen molar-refractivity contribution < 1.29 is 17.9 Å². The van der Waals surface area contributed by atoms with Crippen LogP contribution in [0.4, 0.5) is 0 Å². The molecule has 1 amide bonds. The Morgan fingerprint density at radius 1 is 1.00 bits per heavy atom. The van der Waals surface area contributed by atoms with E-state index in [1.54, 1.807) is 47.4 Å². The zero-order valence-electron chi connectivity index (χ0n) is 14.3. The van der Waals surface area contributed by atoms with E-state index in [9.17, 15) is 13.2 Å². The summed E-state index contributed by atoms with van der Waals surface area (Å²) in [6, 6.07) is 13.2. The maximum atomic E-state index is 12.9. The number of hydrogen-bond acceptors (Lipinski definition) is 4. The molecule has 26 heavy (non-hydrogen) atoms. The van der Waals surface area contributed by atoms with Crippen molar-refractivity contribution in [1.82, 2.24) is 9.21 Å². The fourth-order valence-corrected chi connectivity index (χ4v) is 4.58. The zero-order chi connectivity index (χ0) is 18.7. The van der Waals surface area contributed by atoms with Crippen molar-refractivity contribution in [2.75, 3.05) is 33.3 Å². The Morgan fingerprint density at radius 3 is 2.23 bits per heavy atom. The van der Waals surface area contributed by atoms with Crippen molar-refractivity contribution in [3.05, 3.63) is 59.1 Å². The normalized spacial score (nSPS) is 15.7. The molecule has 1 aliphatic heterocycles. The van der Waals surface area contributed by atoms with Crippen LogP contribution in [0.2, 0.25) is 5.02 Å². The molecular weight excluding hydrogens is 376 g/mol. The van der Waals surface area contributed by atoms with Crippen LogP contribution < -0.4 is 4.74 Å². The van der Waals surface area contributed by atoms with Crippen LogP contribution in [-0.2, 0) is 10.0 Å². The van der Waals surface area contributed by atoms with Crippen molar-refractivity contribution in [2.24, 2.45) is 0 Å². The summed E-state index contributed by atoms with van der Waals surface area (Å²) in [5, 5.41) is 0.564. The van der Waals surface area contributed by atoms with E-state index in [4.69, 9.17) is 16.3 Å². The number of para-hydroxylation sites is 1. The van der Waals surface area contributed by atoms with Gasteiger partial charge in [-0.05, 0) is 36.4 Å². The van der Waals surface area contributed by atoms with E-state index in [0.717, 1.165) is 0 Å². The van der Waals surface area contributed by atoms with Gasteiger partial charge in [0, 0.05) is 36.8 Å². The fourth-order valence-electron chi connectivity index (χ4n) is 2.88. The van der Waals surface area contributed by atoms with Gasteiger partial charge in [0.25, 0.3) is 5.91 Å².